The van der Waals surface area contributed by atoms with Crippen molar-refractivity contribution in [2.75, 3.05) is 19.6 Å². The van der Waals surface area contributed by atoms with Gasteiger partial charge in [0.25, 0.3) is 0 Å². The Kier molecular flexibility index (Phi) is 5.83. The molecule has 3 heterocycles. The van der Waals surface area contributed by atoms with Crippen LogP contribution in [-0.2, 0) is 18.3 Å². The van der Waals surface area contributed by atoms with Crippen LogP contribution in [0.5, 0.6) is 0 Å². The lowest BCUT2D eigenvalue weighted by Crippen LogP contribution is -2.51. The van der Waals surface area contributed by atoms with Crippen LogP contribution < -0.4 is 5.32 Å². The number of rotatable bonds is 6. The van der Waals surface area contributed by atoms with Gasteiger partial charge in [0.15, 0.2) is 0 Å². The largest absolute Gasteiger partial charge is 0.373 e. The molecular weight excluding hydrogens is 314 g/mol. The number of nitrogens with one attached hydrogen (secondary N) is 1. The molecule has 0 aliphatic carbocycles. The Bertz CT molecular complexity index is 662. The van der Waals surface area contributed by atoms with Crippen molar-refractivity contribution in [2.45, 2.75) is 45.6 Å². The molecule has 1 fully saturated rings. The number of hydrogen-bond donors (Lipinski definition) is 1. The molecule has 1 N–H and O–H groups in total. The Morgan fingerprint density at radius 3 is 2.60 bits per heavy atom. The molecule has 3 rings (SSSR count). The molecule has 0 amide bonds. The van der Waals surface area contributed by atoms with Crippen LogP contribution in [0, 0.1) is 0 Å². The van der Waals surface area contributed by atoms with Crippen LogP contribution in [0.25, 0.3) is 11.3 Å². The van der Waals surface area contributed by atoms with Crippen LogP contribution in [0.3, 0.4) is 0 Å². The summed E-state index contributed by atoms with van der Waals surface area (Å²) in [5.41, 5.74) is 3.35. The van der Waals surface area contributed by atoms with Crippen LogP contribution in [-0.4, -0.2) is 57.5 Å². The minimum Gasteiger partial charge on any atom is -0.373 e. The van der Waals surface area contributed by atoms with Gasteiger partial charge in [0, 0.05) is 69.0 Å². The maximum Gasteiger partial charge on any atom is 0.0969 e. The highest BCUT2D eigenvalue weighted by atomic mass is 16.5. The molecule has 6 heteroatoms. The fourth-order valence-electron chi connectivity index (χ4n) is 3.54. The van der Waals surface area contributed by atoms with Crippen molar-refractivity contribution in [2.24, 2.45) is 7.05 Å². The molecule has 0 aromatic carbocycles. The summed E-state index contributed by atoms with van der Waals surface area (Å²) in [6, 6.07) is 4.49. The highest BCUT2D eigenvalue weighted by Gasteiger charge is 2.25. The third-order valence-corrected chi connectivity index (χ3v) is 4.68. The second kappa shape index (κ2) is 8.08. The predicted molar refractivity (Wildman–Crippen MR) is 99.2 cm³/mol. The highest BCUT2D eigenvalue weighted by molar-refractivity contribution is 5.61. The normalized spacial score (nSPS) is 22.9. The molecule has 0 radical (unpaired) electrons. The first-order chi connectivity index (χ1) is 12.0. The quantitative estimate of drug-likeness (QED) is 0.870. The Morgan fingerprint density at radius 1 is 1.24 bits per heavy atom. The van der Waals surface area contributed by atoms with E-state index in [0.29, 0.717) is 18.2 Å². The van der Waals surface area contributed by atoms with Gasteiger partial charge in [0.2, 0.25) is 0 Å². The van der Waals surface area contributed by atoms with E-state index < -0.39 is 0 Å². The van der Waals surface area contributed by atoms with Crippen molar-refractivity contribution < 1.29 is 4.74 Å². The van der Waals surface area contributed by atoms with Gasteiger partial charge in [0.05, 0.1) is 17.9 Å². The lowest BCUT2D eigenvalue weighted by Gasteiger charge is -2.39. The Hall–Kier alpha value is -1.76. The first-order valence-corrected chi connectivity index (χ1v) is 9.06. The minimum atomic E-state index is 0.308. The van der Waals surface area contributed by atoms with E-state index in [2.05, 4.69) is 47.3 Å². The fraction of sp³-hybridized carbons (Fsp3) is 0.579. The number of morpholine rings is 1. The van der Waals surface area contributed by atoms with Gasteiger partial charge in [-0.1, -0.05) is 0 Å². The zero-order chi connectivity index (χ0) is 17.8. The maximum atomic E-state index is 5.83. The summed E-state index contributed by atoms with van der Waals surface area (Å²) in [6.07, 6.45) is 6.33. The Labute approximate surface area is 150 Å². The van der Waals surface area contributed by atoms with Gasteiger partial charge in [-0.15, -0.1) is 0 Å². The van der Waals surface area contributed by atoms with Crippen LogP contribution in [0.4, 0.5) is 0 Å². The summed E-state index contributed by atoms with van der Waals surface area (Å²) >= 11 is 0. The van der Waals surface area contributed by atoms with E-state index in [-0.39, 0.29) is 0 Å². The lowest BCUT2D eigenvalue weighted by molar-refractivity contribution is -0.0781. The number of ether oxygens (including phenoxy) is 1. The van der Waals surface area contributed by atoms with Gasteiger partial charge >= 0.3 is 0 Å². The second-order valence-electron chi connectivity index (χ2n) is 7.10. The van der Waals surface area contributed by atoms with Crippen LogP contribution in [0.2, 0.25) is 0 Å². The molecule has 2 aromatic heterocycles. The topological polar surface area (TPSA) is 55.2 Å². The third kappa shape index (κ3) is 4.66. The molecule has 0 spiro atoms. The molecule has 0 unspecified atom stereocenters. The van der Waals surface area contributed by atoms with Crippen molar-refractivity contribution in [3.8, 4) is 11.3 Å². The zero-order valence-corrected chi connectivity index (χ0v) is 15.6. The average molecular weight is 343 g/mol. The fourth-order valence-corrected chi connectivity index (χ4v) is 3.54. The number of pyridine rings is 1. The van der Waals surface area contributed by atoms with E-state index in [4.69, 9.17) is 4.74 Å². The average Bonchev–Trinajstić information content (AvgIpc) is 2.95. The van der Waals surface area contributed by atoms with Crippen LogP contribution >= 0.6 is 0 Å². The van der Waals surface area contributed by atoms with Gasteiger partial charge in [0.1, 0.15) is 0 Å². The predicted octanol–water partition coefficient (Wildman–Crippen LogP) is 2.07. The molecule has 1 aliphatic heterocycles. The molecule has 25 heavy (non-hydrogen) atoms. The number of hydrogen-bond acceptors (Lipinski definition) is 5. The molecule has 2 aromatic rings. The Morgan fingerprint density at radius 2 is 1.92 bits per heavy atom. The summed E-state index contributed by atoms with van der Waals surface area (Å²) in [4.78, 5) is 6.60. The van der Waals surface area contributed by atoms with Gasteiger partial charge in [-0.25, -0.2) is 0 Å². The van der Waals surface area contributed by atoms with E-state index in [1.165, 1.54) is 5.56 Å². The number of aryl methyl sites for hydroxylation is 1. The van der Waals surface area contributed by atoms with Crippen molar-refractivity contribution >= 4 is 0 Å². The second-order valence-corrected chi connectivity index (χ2v) is 7.10. The van der Waals surface area contributed by atoms with Gasteiger partial charge in [-0.3, -0.25) is 14.6 Å². The van der Waals surface area contributed by atoms with Gasteiger partial charge in [-0.2, -0.15) is 5.10 Å². The molecule has 0 bridgehead atoms. The zero-order valence-electron chi connectivity index (χ0n) is 15.6. The van der Waals surface area contributed by atoms with E-state index >= 15 is 0 Å². The molecule has 136 valence electrons. The van der Waals surface area contributed by atoms with E-state index in [1.807, 2.05) is 36.3 Å². The first kappa shape index (κ1) is 18.0. The standard InChI is InChI=1S/C19H29N5O/c1-14(24-11-15(2)25-16(3)12-24)9-21-10-18-13-23(4)22-19(18)17-5-7-20-8-6-17/h5-8,13-16,21H,9-12H2,1-4H3/t14-,15-,16+/m1/s1. The summed E-state index contributed by atoms with van der Waals surface area (Å²) < 4.78 is 7.71. The molecule has 3 atom stereocenters. The molecule has 0 saturated carbocycles. The molecule has 1 aliphatic rings. The van der Waals surface area contributed by atoms with Crippen LogP contribution in [0.15, 0.2) is 30.7 Å². The van der Waals surface area contributed by atoms with E-state index in [9.17, 15) is 0 Å². The molecule has 6 nitrogen and oxygen atoms in total. The molecular formula is C19H29N5O. The monoisotopic (exact) mass is 343 g/mol. The van der Waals surface area contributed by atoms with Crippen LogP contribution in [0.1, 0.15) is 26.3 Å². The van der Waals surface area contributed by atoms with Crippen molar-refractivity contribution in [1.82, 2.24) is 25.0 Å². The van der Waals surface area contributed by atoms with E-state index in [0.717, 1.165) is 37.4 Å². The third-order valence-electron chi connectivity index (χ3n) is 4.68. The lowest BCUT2D eigenvalue weighted by atomic mass is 10.1. The summed E-state index contributed by atoms with van der Waals surface area (Å²) in [5, 5.41) is 8.21. The summed E-state index contributed by atoms with van der Waals surface area (Å²) in [6.45, 7) is 10.4. The van der Waals surface area contributed by atoms with Gasteiger partial charge < -0.3 is 10.1 Å². The first-order valence-electron chi connectivity index (χ1n) is 9.06. The van der Waals surface area contributed by atoms with Gasteiger partial charge in [-0.05, 0) is 32.9 Å². The number of aromatic nitrogens is 3. The number of nitrogens with zero attached hydrogens (tertiary/aromatic N) is 4. The minimum absolute atomic E-state index is 0.308. The smallest absolute Gasteiger partial charge is 0.0969 e. The molecule has 1 saturated heterocycles. The van der Waals surface area contributed by atoms with Crippen molar-refractivity contribution in [3.05, 3.63) is 36.3 Å². The van der Waals surface area contributed by atoms with E-state index in [1.54, 1.807) is 0 Å². The maximum absolute atomic E-state index is 5.83. The summed E-state index contributed by atoms with van der Waals surface area (Å²) in [5.74, 6) is 0. The van der Waals surface area contributed by atoms with Crippen molar-refractivity contribution in [1.29, 1.82) is 0 Å². The van der Waals surface area contributed by atoms with Crippen molar-refractivity contribution in [3.63, 3.8) is 0 Å². The Balaban J connectivity index is 1.57. The SMILES string of the molecule is C[C@@H]1CN([C@H](C)CNCc2cn(C)nc2-c2ccncc2)C[C@H](C)O1. The highest BCUT2D eigenvalue weighted by Crippen LogP contribution is 2.21. The summed E-state index contributed by atoms with van der Waals surface area (Å²) in [7, 11) is 1.97.